The molecule has 0 bridgehead atoms. The van der Waals surface area contributed by atoms with Gasteiger partial charge >= 0.3 is 0 Å². The minimum Gasteiger partial charge on any atom is -0.324 e. The van der Waals surface area contributed by atoms with Crippen LogP contribution in [0, 0.1) is 6.92 Å². The molecule has 4 rings (SSSR count). The third-order valence-corrected chi connectivity index (χ3v) is 5.92. The molecule has 1 aromatic heterocycles. The van der Waals surface area contributed by atoms with Gasteiger partial charge in [0.05, 0.1) is 11.0 Å². The first kappa shape index (κ1) is 21.1. The van der Waals surface area contributed by atoms with Gasteiger partial charge in [-0.3, -0.25) is 4.79 Å². The predicted molar refractivity (Wildman–Crippen MR) is 129 cm³/mol. The molecule has 1 heterocycles. The Bertz CT molecular complexity index is 1250. The van der Waals surface area contributed by atoms with E-state index in [0.717, 1.165) is 33.7 Å². The molecule has 1 N–H and O–H groups in total. The number of imidazole rings is 1. The Hall–Kier alpha value is -3.11. The molecule has 0 fully saturated rings. The lowest BCUT2D eigenvalue weighted by Crippen LogP contribution is -2.20. The molecule has 3 aromatic carbocycles. The summed E-state index contributed by atoms with van der Waals surface area (Å²) in [6.45, 7) is 8.63. The van der Waals surface area contributed by atoms with Crippen LogP contribution >= 0.6 is 11.6 Å². The summed E-state index contributed by atoms with van der Waals surface area (Å²) < 4.78 is 1.97. The highest BCUT2D eigenvalue weighted by Crippen LogP contribution is 2.29. The molecule has 4 nitrogen and oxygen atoms in total. The van der Waals surface area contributed by atoms with Crippen molar-refractivity contribution in [3.63, 3.8) is 0 Å². The molecule has 0 spiro atoms. The summed E-state index contributed by atoms with van der Waals surface area (Å²) in [4.78, 5) is 17.8. The monoisotopic (exact) mass is 431 g/mol. The first-order valence-corrected chi connectivity index (χ1v) is 10.7. The fourth-order valence-corrected chi connectivity index (χ4v) is 3.83. The summed E-state index contributed by atoms with van der Waals surface area (Å²) >= 11 is 6.20. The number of halogens is 1. The van der Waals surface area contributed by atoms with Gasteiger partial charge in [-0.15, -0.1) is 0 Å². The lowest BCUT2D eigenvalue weighted by molar-refractivity contribution is -0.116. The maximum absolute atomic E-state index is 13.0. The van der Waals surface area contributed by atoms with Crippen LogP contribution < -0.4 is 5.32 Å². The van der Waals surface area contributed by atoms with Crippen molar-refractivity contribution in [1.29, 1.82) is 0 Å². The van der Waals surface area contributed by atoms with E-state index in [9.17, 15) is 4.79 Å². The molecule has 158 valence electrons. The van der Waals surface area contributed by atoms with E-state index in [1.165, 1.54) is 5.56 Å². The summed E-state index contributed by atoms with van der Waals surface area (Å²) in [6, 6.07) is 21.8. The number of benzene rings is 3. The molecule has 0 aliphatic carbocycles. The molecule has 0 saturated heterocycles. The third kappa shape index (κ3) is 4.35. The Labute approximate surface area is 187 Å². The lowest BCUT2D eigenvalue weighted by atomic mass is 9.87. The highest BCUT2D eigenvalue weighted by molar-refractivity contribution is 6.31. The number of hydrogen-bond donors (Lipinski definition) is 1. The molecule has 0 saturated carbocycles. The number of rotatable bonds is 4. The normalized spacial score (nSPS) is 11.6. The van der Waals surface area contributed by atoms with E-state index >= 15 is 0 Å². The van der Waals surface area contributed by atoms with Gasteiger partial charge in [-0.25, -0.2) is 4.98 Å². The molecule has 4 aromatic rings. The van der Waals surface area contributed by atoms with Crippen LogP contribution in [-0.2, 0) is 16.8 Å². The van der Waals surface area contributed by atoms with E-state index < -0.39 is 0 Å². The van der Waals surface area contributed by atoms with Crippen molar-refractivity contribution in [1.82, 2.24) is 9.55 Å². The second kappa shape index (κ2) is 8.20. The van der Waals surface area contributed by atoms with E-state index in [4.69, 9.17) is 16.6 Å². The average molecular weight is 432 g/mol. The zero-order valence-corrected chi connectivity index (χ0v) is 19.0. The second-order valence-corrected chi connectivity index (χ2v) is 9.21. The number of para-hydroxylation sites is 2. The van der Waals surface area contributed by atoms with Crippen molar-refractivity contribution in [2.45, 2.75) is 39.7 Å². The minimum atomic E-state index is -0.124. The fourth-order valence-electron chi connectivity index (χ4n) is 3.65. The largest absolute Gasteiger partial charge is 0.324 e. The van der Waals surface area contributed by atoms with E-state index in [0.29, 0.717) is 5.02 Å². The number of anilines is 1. The van der Waals surface area contributed by atoms with Crippen LogP contribution in [0.25, 0.3) is 22.4 Å². The molecule has 0 atom stereocenters. The summed E-state index contributed by atoms with van der Waals surface area (Å²) in [5.41, 5.74) is 5.68. The van der Waals surface area contributed by atoms with Crippen LogP contribution in [0.4, 0.5) is 5.69 Å². The SMILES string of the molecule is Cc1c(Cl)cccc1NC(=O)Cn1c(-c2ccc(C(C)(C)C)cc2)nc2ccccc21. The molecule has 0 unspecified atom stereocenters. The Morgan fingerprint density at radius 3 is 2.42 bits per heavy atom. The quantitative estimate of drug-likeness (QED) is 0.395. The van der Waals surface area contributed by atoms with Gasteiger partial charge < -0.3 is 9.88 Å². The van der Waals surface area contributed by atoms with Crippen molar-refractivity contribution >= 4 is 34.2 Å². The predicted octanol–water partition coefficient (Wildman–Crippen LogP) is 6.60. The lowest BCUT2D eigenvalue weighted by Gasteiger charge is -2.19. The summed E-state index contributed by atoms with van der Waals surface area (Å²) in [5, 5.41) is 3.62. The van der Waals surface area contributed by atoms with Crippen molar-refractivity contribution in [2.75, 3.05) is 5.32 Å². The molecule has 0 aliphatic rings. The van der Waals surface area contributed by atoms with Gasteiger partial charge in [0.1, 0.15) is 12.4 Å². The van der Waals surface area contributed by atoms with Gasteiger partial charge in [-0.05, 0) is 47.7 Å². The molecule has 5 heteroatoms. The van der Waals surface area contributed by atoms with Crippen LogP contribution in [-0.4, -0.2) is 15.5 Å². The van der Waals surface area contributed by atoms with Crippen LogP contribution in [0.5, 0.6) is 0 Å². The van der Waals surface area contributed by atoms with E-state index in [2.05, 4.69) is 50.4 Å². The molecule has 31 heavy (non-hydrogen) atoms. The molecular formula is C26H26ClN3O. The number of nitrogens with zero attached hydrogens (tertiary/aromatic N) is 2. The van der Waals surface area contributed by atoms with Gasteiger partial charge in [0.25, 0.3) is 0 Å². The van der Waals surface area contributed by atoms with Crippen LogP contribution in [0.3, 0.4) is 0 Å². The van der Waals surface area contributed by atoms with Gasteiger partial charge in [-0.2, -0.15) is 0 Å². The number of carbonyl (C=O) groups is 1. The van der Waals surface area contributed by atoms with Crippen LogP contribution in [0.15, 0.2) is 66.7 Å². The first-order valence-electron chi connectivity index (χ1n) is 10.4. The number of aromatic nitrogens is 2. The molecule has 0 aliphatic heterocycles. The van der Waals surface area contributed by atoms with Crippen LogP contribution in [0.1, 0.15) is 31.9 Å². The Balaban J connectivity index is 1.70. The fraction of sp³-hybridized carbons (Fsp3) is 0.231. The Morgan fingerprint density at radius 1 is 1.00 bits per heavy atom. The maximum Gasteiger partial charge on any atom is 0.244 e. The maximum atomic E-state index is 13.0. The summed E-state index contributed by atoms with van der Waals surface area (Å²) in [6.07, 6.45) is 0. The second-order valence-electron chi connectivity index (χ2n) is 8.80. The van der Waals surface area contributed by atoms with Crippen molar-refractivity contribution < 1.29 is 4.79 Å². The van der Waals surface area contributed by atoms with Gasteiger partial charge in [0.15, 0.2) is 0 Å². The number of nitrogens with one attached hydrogen (secondary N) is 1. The highest BCUT2D eigenvalue weighted by Gasteiger charge is 2.18. The third-order valence-electron chi connectivity index (χ3n) is 5.51. The zero-order valence-electron chi connectivity index (χ0n) is 18.2. The van der Waals surface area contributed by atoms with Gasteiger partial charge in [-0.1, -0.05) is 74.8 Å². The average Bonchev–Trinajstić information content (AvgIpc) is 3.09. The summed E-state index contributed by atoms with van der Waals surface area (Å²) in [5.74, 6) is 0.653. The van der Waals surface area contributed by atoms with Crippen LogP contribution in [0.2, 0.25) is 5.02 Å². The number of amides is 1. The van der Waals surface area contributed by atoms with Gasteiger partial charge in [0, 0.05) is 16.3 Å². The highest BCUT2D eigenvalue weighted by atomic mass is 35.5. The van der Waals surface area contributed by atoms with E-state index in [1.54, 1.807) is 0 Å². The minimum absolute atomic E-state index is 0.0768. The molecule has 1 amide bonds. The zero-order chi connectivity index (χ0) is 22.2. The Morgan fingerprint density at radius 2 is 1.71 bits per heavy atom. The van der Waals surface area contributed by atoms with E-state index in [1.807, 2.05) is 54.0 Å². The molecule has 0 radical (unpaired) electrons. The molecular weight excluding hydrogens is 406 g/mol. The number of hydrogen-bond acceptors (Lipinski definition) is 2. The first-order chi connectivity index (χ1) is 14.7. The standard InChI is InChI=1S/C26H26ClN3O/c1-17-20(27)8-7-10-21(17)28-24(31)16-30-23-11-6-5-9-22(23)29-25(30)18-12-14-19(15-13-18)26(2,3)4/h5-15H,16H2,1-4H3,(H,28,31). The number of carbonyl (C=O) groups excluding carboxylic acids is 1. The van der Waals surface area contributed by atoms with Crippen molar-refractivity contribution in [2.24, 2.45) is 0 Å². The topological polar surface area (TPSA) is 46.9 Å². The van der Waals surface area contributed by atoms with Crippen molar-refractivity contribution in [3.8, 4) is 11.4 Å². The van der Waals surface area contributed by atoms with Gasteiger partial charge in [0.2, 0.25) is 5.91 Å². The number of fused-ring (bicyclic) bond motifs is 1. The van der Waals surface area contributed by atoms with E-state index in [-0.39, 0.29) is 17.9 Å². The smallest absolute Gasteiger partial charge is 0.244 e. The Kier molecular flexibility index (Phi) is 5.59. The summed E-state index contributed by atoms with van der Waals surface area (Å²) in [7, 11) is 0. The van der Waals surface area contributed by atoms with Crippen molar-refractivity contribution in [3.05, 3.63) is 82.9 Å².